The van der Waals surface area contributed by atoms with Crippen molar-refractivity contribution in [3.63, 3.8) is 0 Å². The van der Waals surface area contributed by atoms with Crippen LogP contribution in [0.2, 0.25) is 5.02 Å². The highest BCUT2D eigenvalue weighted by Gasteiger charge is 2.00. The van der Waals surface area contributed by atoms with Gasteiger partial charge in [0.1, 0.15) is 5.69 Å². The van der Waals surface area contributed by atoms with Crippen LogP contribution in [-0.2, 0) is 6.61 Å². The zero-order valence-electron chi connectivity index (χ0n) is 7.26. The van der Waals surface area contributed by atoms with Crippen molar-refractivity contribution in [2.75, 3.05) is 0 Å². The van der Waals surface area contributed by atoms with Crippen LogP contribution in [0.15, 0.2) is 30.5 Å². The van der Waals surface area contributed by atoms with Crippen LogP contribution in [-0.4, -0.2) is 20.1 Å². The van der Waals surface area contributed by atoms with Crippen LogP contribution in [0.25, 0.3) is 5.69 Å². The summed E-state index contributed by atoms with van der Waals surface area (Å²) in [6.07, 6.45) is 1.52. The molecule has 0 aliphatic carbocycles. The third-order valence-corrected chi connectivity index (χ3v) is 2.01. The molecule has 1 N–H and O–H groups in total. The summed E-state index contributed by atoms with van der Waals surface area (Å²) < 4.78 is 0. The fraction of sp³-hybridized carbons (Fsp3) is 0.111. The number of nitrogens with zero attached hydrogens (tertiary/aromatic N) is 3. The Morgan fingerprint density at radius 3 is 2.57 bits per heavy atom. The standard InChI is InChI=1S/C9H8ClN3O/c10-7-1-3-9(4-2-7)13-11-5-8(6-14)12-13/h1-5,14H,6H2. The zero-order chi connectivity index (χ0) is 9.97. The Bertz CT molecular complexity index is 424. The Hall–Kier alpha value is -1.39. The minimum Gasteiger partial charge on any atom is -0.390 e. The number of aliphatic hydroxyl groups excluding tert-OH is 1. The van der Waals surface area contributed by atoms with Crippen molar-refractivity contribution < 1.29 is 5.11 Å². The molecular weight excluding hydrogens is 202 g/mol. The maximum absolute atomic E-state index is 8.81. The van der Waals surface area contributed by atoms with E-state index in [1.165, 1.54) is 11.0 Å². The molecule has 0 saturated heterocycles. The topological polar surface area (TPSA) is 50.9 Å². The van der Waals surface area contributed by atoms with Gasteiger partial charge in [-0.15, -0.1) is 0 Å². The highest BCUT2D eigenvalue weighted by atomic mass is 35.5. The SMILES string of the molecule is OCc1cnn(-c2ccc(Cl)cc2)n1. The third-order valence-electron chi connectivity index (χ3n) is 1.76. The fourth-order valence-corrected chi connectivity index (χ4v) is 1.19. The Kier molecular flexibility index (Phi) is 2.47. The molecule has 0 spiro atoms. The molecular formula is C9H8ClN3O. The van der Waals surface area contributed by atoms with E-state index >= 15 is 0 Å². The summed E-state index contributed by atoms with van der Waals surface area (Å²) in [6, 6.07) is 7.14. The average molecular weight is 210 g/mol. The molecule has 0 radical (unpaired) electrons. The lowest BCUT2D eigenvalue weighted by Gasteiger charge is -1.98. The van der Waals surface area contributed by atoms with E-state index in [4.69, 9.17) is 16.7 Å². The number of aliphatic hydroxyl groups is 1. The van der Waals surface area contributed by atoms with E-state index in [1.807, 2.05) is 12.1 Å². The van der Waals surface area contributed by atoms with Crippen LogP contribution in [0.4, 0.5) is 0 Å². The van der Waals surface area contributed by atoms with Gasteiger partial charge in [0, 0.05) is 5.02 Å². The third kappa shape index (κ3) is 1.76. The van der Waals surface area contributed by atoms with Crippen LogP contribution in [0.1, 0.15) is 5.69 Å². The van der Waals surface area contributed by atoms with Crippen LogP contribution in [0.3, 0.4) is 0 Å². The molecule has 1 heterocycles. The molecule has 0 saturated carbocycles. The first-order chi connectivity index (χ1) is 6.79. The molecule has 4 nitrogen and oxygen atoms in total. The molecule has 2 rings (SSSR count). The van der Waals surface area contributed by atoms with Crippen molar-refractivity contribution >= 4 is 11.6 Å². The Balaban J connectivity index is 2.34. The molecule has 1 aromatic heterocycles. The molecule has 72 valence electrons. The highest BCUT2D eigenvalue weighted by Crippen LogP contribution is 2.11. The normalized spacial score (nSPS) is 10.4. The second-order valence-corrected chi connectivity index (χ2v) is 3.20. The van der Waals surface area contributed by atoms with Crippen LogP contribution >= 0.6 is 11.6 Å². The van der Waals surface area contributed by atoms with Gasteiger partial charge in [-0.2, -0.15) is 15.0 Å². The molecule has 2 aromatic rings. The number of benzene rings is 1. The predicted octanol–water partition coefficient (Wildman–Crippen LogP) is 1.41. The van der Waals surface area contributed by atoms with Crippen molar-refractivity contribution in [1.82, 2.24) is 15.0 Å². The lowest BCUT2D eigenvalue weighted by Crippen LogP contribution is -1.98. The molecule has 0 aliphatic heterocycles. The van der Waals surface area contributed by atoms with Crippen molar-refractivity contribution in [1.29, 1.82) is 0 Å². The molecule has 0 bridgehead atoms. The van der Waals surface area contributed by atoms with Crippen molar-refractivity contribution in [3.8, 4) is 5.69 Å². The van der Waals surface area contributed by atoms with E-state index in [1.54, 1.807) is 12.1 Å². The van der Waals surface area contributed by atoms with Gasteiger partial charge in [-0.25, -0.2) is 0 Å². The highest BCUT2D eigenvalue weighted by molar-refractivity contribution is 6.30. The smallest absolute Gasteiger partial charge is 0.109 e. The Morgan fingerprint density at radius 1 is 1.29 bits per heavy atom. The molecule has 0 fully saturated rings. The van der Waals surface area contributed by atoms with E-state index in [-0.39, 0.29) is 6.61 Å². The second kappa shape index (κ2) is 3.77. The molecule has 0 atom stereocenters. The maximum Gasteiger partial charge on any atom is 0.109 e. The number of hydrogen-bond acceptors (Lipinski definition) is 3. The molecule has 1 aromatic carbocycles. The van der Waals surface area contributed by atoms with Crippen LogP contribution in [0, 0.1) is 0 Å². The van der Waals surface area contributed by atoms with Gasteiger partial charge in [0.25, 0.3) is 0 Å². The van der Waals surface area contributed by atoms with Gasteiger partial charge in [-0.05, 0) is 24.3 Å². The van der Waals surface area contributed by atoms with E-state index in [9.17, 15) is 0 Å². The quantitative estimate of drug-likeness (QED) is 0.814. The number of halogens is 1. The first-order valence-corrected chi connectivity index (χ1v) is 4.45. The minimum atomic E-state index is -0.104. The van der Waals surface area contributed by atoms with Crippen molar-refractivity contribution in [2.45, 2.75) is 6.61 Å². The van der Waals surface area contributed by atoms with Gasteiger partial charge in [0.15, 0.2) is 0 Å². The lowest BCUT2D eigenvalue weighted by atomic mass is 10.3. The Morgan fingerprint density at radius 2 is 2.00 bits per heavy atom. The van der Waals surface area contributed by atoms with Gasteiger partial charge in [0.05, 0.1) is 18.5 Å². The summed E-state index contributed by atoms with van der Waals surface area (Å²) in [5.74, 6) is 0. The van der Waals surface area contributed by atoms with E-state index in [2.05, 4.69) is 10.2 Å². The molecule has 0 aliphatic rings. The number of rotatable bonds is 2. The monoisotopic (exact) mass is 209 g/mol. The average Bonchev–Trinajstić information content (AvgIpc) is 2.67. The summed E-state index contributed by atoms with van der Waals surface area (Å²) in [6.45, 7) is -0.104. The van der Waals surface area contributed by atoms with Crippen LogP contribution in [0.5, 0.6) is 0 Å². The summed E-state index contributed by atoms with van der Waals surface area (Å²) >= 11 is 5.74. The first kappa shape index (κ1) is 9.18. The second-order valence-electron chi connectivity index (χ2n) is 2.76. The lowest BCUT2D eigenvalue weighted by molar-refractivity contribution is 0.276. The first-order valence-electron chi connectivity index (χ1n) is 4.07. The van der Waals surface area contributed by atoms with Crippen molar-refractivity contribution in [2.24, 2.45) is 0 Å². The zero-order valence-corrected chi connectivity index (χ0v) is 8.02. The van der Waals surface area contributed by atoms with Crippen LogP contribution < -0.4 is 0 Å². The van der Waals surface area contributed by atoms with E-state index in [0.29, 0.717) is 10.7 Å². The molecule has 5 heteroatoms. The summed E-state index contributed by atoms with van der Waals surface area (Å²) in [5, 5.41) is 17.5. The Labute approximate surface area is 85.7 Å². The van der Waals surface area contributed by atoms with Gasteiger partial charge in [0.2, 0.25) is 0 Å². The summed E-state index contributed by atoms with van der Waals surface area (Å²) in [7, 11) is 0. The number of hydrogen-bond donors (Lipinski definition) is 1. The predicted molar refractivity (Wildman–Crippen MR) is 52.3 cm³/mol. The number of aromatic nitrogens is 3. The van der Waals surface area contributed by atoms with Gasteiger partial charge in [-0.1, -0.05) is 11.6 Å². The summed E-state index contributed by atoms with van der Waals surface area (Å²) in [5.41, 5.74) is 1.36. The van der Waals surface area contributed by atoms with E-state index in [0.717, 1.165) is 5.69 Å². The molecule has 0 amide bonds. The van der Waals surface area contributed by atoms with Crippen molar-refractivity contribution in [3.05, 3.63) is 41.2 Å². The van der Waals surface area contributed by atoms with Gasteiger partial charge in [-0.3, -0.25) is 0 Å². The summed E-state index contributed by atoms with van der Waals surface area (Å²) in [4.78, 5) is 1.45. The molecule has 14 heavy (non-hydrogen) atoms. The van der Waals surface area contributed by atoms with Gasteiger partial charge < -0.3 is 5.11 Å². The fourth-order valence-electron chi connectivity index (χ4n) is 1.07. The maximum atomic E-state index is 8.81. The largest absolute Gasteiger partial charge is 0.390 e. The minimum absolute atomic E-state index is 0.104. The van der Waals surface area contributed by atoms with Gasteiger partial charge >= 0.3 is 0 Å². The molecule has 0 unspecified atom stereocenters. The van der Waals surface area contributed by atoms with E-state index < -0.39 is 0 Å².